The van der Waals surface area contributed by atoms with E-state index >= 15 is 0 Å². The summed E-state index contributed by atoms with van der Waals surface area (Å²) in [5, 5.41) is 0. The van der Waals surface area contributed by atoms with Crippen molar-refractivity contribution in [2.45, 2.75) is 38.0 Å². The van der Waals surface area contributed by atoms with Gasteiger partial charge in [-0.15, -0.1) is 0 Å². The van der Waals surface area contributed by atoms with Gasteiger partial charge in [0.15, 0.2) is 0 Å². The van der Waals surface area contributed by atoms with Gasteiger partial charge in [0.25, 0.3) is 0 Å². The number of aryl methyl sites for hydroxylation is 1. The lowest BCUT2D eigenvalue weighted by Crippen LogP contribution is -2.37. The van der Waals surface area contributed by atoms with Gasteiger partial charge in [-0.25, -0.2) is 0 Å². The first kappa shape index (κ1) is 18.5. The molecule has 0 atom stereocenters. The van der Waals surface area contributed by atoms with Gasteiger partial charge < -0.3 is 4.74 Å². The van der Waals surface area contributed by atoms with Crippen LogP contribution in [0.4, 0.5) is 0 Å². The van der Waals surface area contributed by atoms with E-state index in [2.05, 4.69) is 48.5 Å². The molecule has 0 saturated heterocycles. The van der Waals surface area contributed by atoms with Gasteiger partial charge in [0.05, 0.1) is 6.61 Å². The van der Waals surface area contributed by atoms with Crippen LogP contribution in [0.25, 0.3) is 11.1 Å². The van der Waals surface area contributed by atoms with E-state index in [9.17, 15) is 4.79 Å². The Hall–Kier alpha value is -2.87. The first-order valence-corrected chi connectivity index (χ1v) is 10.2. The maximum Gasteiger partial charge on any atom is 0.321 e. The van der Waals surface area contributed by atoms with Gasteiger partial charge >= 0.3 is 5.97 Å². The fourth-order valence-corrected chi connectivity index (χ4v) is 4.53. The van der Waals surface area contributed by atoms with E-state index in [0.717, 1.165) is 47.9 Å². The molecule has 0 spiro atoms. The largest absolute Gasteiger partial charge is 0.465 e. The van der Waals surface area contributed by atoms with Crippen LogP contribution in [0.1, 0.15) is 42.9 Å². The lowest BCUT2D eigenvalue weighted by Gasteiger charge is -2.29. The minimum Gasteiger partial charge on any atom is -0.465 e. The number of unbranched alkanes of at least 4 members (excludes halogenated alkanes) is 1. The summed E-state index contributed by atoms with van der Waals surface area (Å²) in [5.41, 5.74) is 5.16. The van der Waals surface area contributed by atoms with Crippen LogP contribution in [0.3, 0.4) is 0 Å². The molecule has 0 N–H and O–H groups in total. The van der Waals surface area contributed by atoms with Crippen LogP contribution in [-0.2, 0) is 21.4 Å². The highest BCUT2D eigenvalue weighted by molar-refractivity contribution is 5.98. The molecule has 0 heterocycles. The lowest BCUT2D eigenvalue weighted by atomic mass is 9.74. The zero-order valence-corrected chi connectivity index (χ0v) is 16.4. The second-order valence-electron chi connectivity index (χ2n) is 7.41. The van der Waals surface area contributed by atoms with Crippen molar-refractivity contribution in [3.8, 4) is 11.1 Å². The molecule has 2 nitrogen and oxygen atoms in total. The molecule has 2 heteroatoms. The van der Waals surface area contributed by atoms with Gasteiger partial charge in [0.1, 0.15) is 5.41 Å². The van der Waals surface area contributed by atoms with Crippen LogP contribution in [0.15, 0.2) is 78.9 Å². The topological polar surface area (TPSA) is 26.3 Å². The minimum atomic E-state index is -0.695. The Morgan fingerprint density at radius 3 is 1.96 bits per heavy atom. The highest BCUT2D eigenvalue weighted by atomic mass is 16.5. The molecule has 0 aromatic heterocycles. The number of esters is 1. The van der Waals surface area contributed by atoms with Crippen molar-refractivity contribution in [2.24, 2.45) is 0 Å². The van der Waals surface area contributed by atoms with Crippen molar-refractivity contribution >= 4 is 5.97 Å². The number of hydrogen-bond donors (Lipinski definition) is 0. The summed E-state index contributed by atoms with van der Waals surface area (Å²) in [6.45, 7) is 2.28. The van der Waals surface area contributed by atoms with Gasteiger partial charge in [-0.2, -0.15) is 0 Å². The smallest absolute Gasteiger partial charge is 0.321 e. The van der Waals surface area contributed by atoms with E-state index in [0.29, 0.717) is 6.61 Å². The summed E-state index contributed by atoms with van der Waals surface area (Å²) in [6.07, 6.45) is 3.82. The van der Waals surface area contributed by atoms with Crippen molar-refractivity contribution in [1.82, 2.24) is 0 Å². The molecule has 0 aliphatic heterocycles. The Kier molecular flexibility index (Phi) is 5.29. The van der Waals surface area contributed by atoms with Gasteiger partial charge in [-0.3, -0.25) is 4.79 Å². The molecule has 0 saturated carbocycles. The fourth-order valence-electron chi connectivity index (χ4n) is 4.53. The Bertz CT molecular complexity index is 913. The van der Waals surface area contributed by atoms with Crippen LogP contribution < -0.4 is 0 Å². The van der Waals surface area contributed by atoms with Gasteiger partial charge in [-0.1, -0.05) is 85.3 Å². The number of fused-ring (bicyclic) bond motifs is 3. The van der Waals surface area contributed by atoms with E-state index in [1.807, 2.05) is 37.3 Å². The maximum atomic E-state index is 13.3. The highest BCUT2D eigenvalue weighted by Gasteiger charge is 2.49. The van der Waals surface area contributed by atoms with E-state index in [1.165, 1.54) is 5.56 Å². The van der Waals surface area contributed by atoms with E-state index in [1.54, 1.807) is 0 Å². The second kappa shape index (κ2) is 8.02. The highest BCUT2D eigenvalue weighted by Crippen LogP contribution is 2.52. The van der Waals surface area contributed by atoms with E-state index in [-0.39, 0.29) is 5.97 Å². The number of hydrogen-bond acceptors (Lipinski definition) is 2. The van der Waals surface area contributed by atoms with Crippen LogP contribution in [0.5, 0.6) is 0 Å². The molecule has 0 fully saturated rings. The zero-order valence-electron chi connectivity index (χ0n) is 16.4. The third-order valence-corrected chi connectivity index (χ3v) is 5.80. The SMILES string of the molecule is CCOC(=O)C1(CCCCc2ccccc2)c2ccccc2-c2ccccc21. The molecular weight excluding hydrogens is 344 g/mol. The molecule has 0 unspecified atom stereocenters. The summed E-state index contributed by atoms with van der Waals surface area (Å²) in [4.78, 5) is 13.3. The molecular formula is C26H26O2. The molecule has 4 rings (SSSR count). The lowest BCUT2D eigenvalue weighted by molar-refractivity contribution is -0.148. The number of benzene rings is 3. The Labute approximate surface area is 167 Å². The van der Waals surface area contributed by atoms with Crippen molar-refractivity contribution in [3.05, 3.63) is 95.6 Å². The molecule has 0 bridgehead atoms. The third-order valence-electron chi connectivity index (χ3n) is 5.80. The summed E-state index contributed by atoms with van der Waals surface area (Å²) in [7, 11) is 0. The Morgan fingerprint density at radius 1 is 0.786 bits per heavy atom. The Balaban J connectivity index is 1.66. The standard InChI is InChI=1S/C26H26O2/c1-2-28-25(27)26(19-11-10-14-20-12-4-3-5-13-20)23-17-8-6-15-21(23)22-16-7-9-18-24(22)26/h3-9,12-13,15-18H,2,10-11,14,19H2,1H3. The molecule has 28 heavy (non-hydrogen) atoms. The van der Waals surface area contributed by atoms with Crippen LogP contribution in [0.2, 0.25) is 0 Å². The first-order valence-electron chi connectivity index (χ1n) is 10.2. The summed E-state index contributed by atoms with van der Waals surface area (Å²) < 4.78 is 5.62. The number of carbonyl (C=O) groups is 1. The van der Waals surface area contributed by atoms with Crippen LogP contribution >= 0.6 is 0 Å². The molecule has 0 radical (unpaired) electrons. The molecule has 1 aliphatic carbocycles. The second-order valence-corrected chi connectivity index (χ2v) is 7.41. The molecule has 3 aromatic rings. The van der Waals surface area contributed by atoms with Gasteiger partial charge in [0.2, 0.25) is 0 Å². The maximum absolute atomic E-state index is 13.3. The van der Waals surface area contributed by atoms with Crippen LogP contribution in [0, 0.1) is 0 Å². The number of ether oxygens (including phenoxy) is 1. The zero-order chi connectivity index (χ0) is 19.4. The quantitative estimate of drug-likeness (QED) is 0.381. The van der Waals surface area contributed by atoms with Crippen LogP contribution in [-0.4, -0.2) is 12.6 Å². The average molecular weight is 370 g/mol. The minimum absolute atomic E-state index is 0.118. The van der Waals surface area contributed by atoms with Crippen molar-refractivity contribution in [2.75, 3.05) is 6.61 Å². The number of rotatable bonds is 7. The molecule has 3 aromatic carbocycles. The van der Waals surface area contributed by atoms with Gasteiger partial charge in [-0.05, 0) is 54.0 Å². The summed E-state index contributed by atoms with van der Waals surface area (Å²) in [5.74, 6) is -0.118. The van der Waals surface area contributed by atoms with Crippen molar-refractivity contribution in [1.29, 1.82) is 0 Å². The fraction of sp³-hybridized carbons (Fsp3) is 0.269. The average Bonchev–Trinajstić information content (AvgIpc) is 3.03. The molecule has 142 valence electrons. The Morgan fingerprint density at radius 2 is 1.36 bits per heavy atom. The van der Waals surface area contributed by atoms with E-state index < -0.39 is 5.41 Å². The normalized spacial score (nSPS) is 13.6. The van der Waals surface area contributed by atoms with E-state index in [4.69, 9.17) is 4.74 Å². The van der Waals surface area contributed by atoms with Gasteiger partial charge in [0, 0.05) is 0 Å². The van der Waals surface area contributed by atoms with Crippen molar-refractivity contribution in [3.63, 3.8) is 0 Å². The predicted octanol–water partition coefficient (Wildman–Crippen LogP) is 5.93. The number of carbonyl (C=O) groups excluding carboxylic acids is 1. The summed E-state index contributed by atoms with van der Waals surface area (Å²) >= 11 is 0. The molecule has 1 aliphatic rings. The predicted molar refractivity (Wildman–Crippen MR) is 113 cm³/mol. The van der Waals surface area contributed by atoms with Crippen molar-refractivity contribution < 1.29 is 9.53 Å². The summed E-state index contributed by atoms with van der Waals surface area (Å²) in [6, 6.07) is 27.2. The first-order chi connectivity index (χ1) is 13.8. The molecule has 0 amide bonds. The monoisotopic (exact) mass is 370 g/mol. The third kappa shape index (κ3) is 3.13.